The molecule has 1 aromatic heterocycles. The number of carbonyl (C=O) groups excluding carboxylic acids is 4. The molecule has 2 N–H and O–H groups in total. The molecule has 1 radical (unpaired) electrons. The highest BCUT2D eigenvalue weighted by Gasteiger charge is 2.11. The van der Waals surface area contributed by atoms with E-state index in [1.54, 1.807) is 6.29 Å². The van der Waals surface area contributed by atoms with E-state index in [0.29, 0.717) is 19.6 Å². The second-order valence-electron chi connectivity index (χ2n) is 11.0. The molecule has 3 amide bonds. The van der Waals surface area contributed by atoms with Gasteiger partial charge in [0.05, 0.1) is 46.2 Å². The Balaban J connectivity index is 1.84. The second-order valence-corrected chi connectivity index (χ2v) is 11.0. The van der Waals surface area contributed by atoms with Gasteiger partial charge in [0, 0.05) is 33.2 Å². The van der Waals surface area contributed by atoms with Crippen molar-refractivity contribution >= 4 is 24.0 Å². The predicted molar refractivity (Wildman–Crippen MR) is 170 cm³/mol. The lowest BCUT2D eigenvalue weighted by atomic mass is 10.0. The minimum absolute atomic E-state index is 0.0408. The SMILES string of the molecule is CC(=O)N(C[C]=O)OCCOCCN(OCCOCCNC(=O)CCCCCCCCCCCCCCCc1nnn[nH]1)C(C)=O. The van der Waals surface area contributed by atoms with Gasteiger partial charge in [-0.25, -0.2) is 15.2 Å². The molecule has 1 aromatic rings. The van der Waals surface area contributed by atoms with Gasteiger partial charge in [-0.3, -0.25) is 28.9 Å². The Hall–Kier alpha value is -3.01. The number of tetrazole rings is 1. The van der Waals surface area contributed by atoms with Crippen LogP contribution in [0.25, 0.3) is 0 Å². The number of unbranched alkanes of at least 4 members (excludes halogenated alkanes) is 12. The third-order valence-corrected chi connectivity index (χ3v) is 7.07. The zero-order chi connectivity index (χ0) is 33.5. The molecule has 0 fully saturated rings. The van der Waals surface area contributed by atoms with Gasteiger partial charge in [-0.2, -0.15) is 0 Å². The first-order valence-corrected chi connectivity index (χ1v) is 16.8. The number of carbonyl (C=O) groups is 3. The van der Waals surface area contributed by atoms with Gasteiger partial charge < -0.3 is 14.8 Å². The largest absolute Gasteiger partial charge is 0.377 e. The summed E-state index contributed by atoms with van der Waals surface area (Å²) in [5.74, 6) is 0.239. The zero-order valence-electron chi connectivity index (χ0n) is 28.0. The van der Waals surface area contributed by atoms with Crippen molar-refractivity contribution in [3.8, 4) is 0 Å². The number of nitrogens with zero attached hydrogens (tertiary/aromatic N) is 5. The molecule has 0 aromatic carbocycles. The summed E-state index contributed by atoms with van der Waals surface area (Å²) in [6.07, 6.45) is 19.0. The number of hydroxylamine groups is 4. The molecule has 0 aliphatic rings. The van der Waals surface area contributed by atoms with Crippen LogP contribution in [0.15, 0.2) is 0 Å². The van der Waals surface area contributed by atoms with Gasteiger partial charge in [-0.15, -0.1) is 5.10 Å². The smallest absolute Gasteiger partial charge is 0.243 e. The fourth-order valence-electron chi connectivity index (χ4n) is 4.54. The van der Waals surface area contributed by atoms with Gasteiger partial charge in [0.1, 0.15) is 12.4 Å². The highest BCUT2D eigenvalue weighted by molar-refractivity contribution is 5.75. The Morgan fingerprint density at radius 2 is 1.26 bits per heavy atom. The molecule has 1 heterocycles. The summed E-state index contributed by atoms with van der Waals surface area (Å²) in [5, 5.41) is 18.8. The number of aromatic nitrogens is 4. The molecule has 0 bridgehead atoms. The van der Waals surface area contributed by atoms with Gasteiger partial charge in [0.25, 0.3) is 0 Å². The molecule has 0 aliphatic carbocycles. The maximum atomic E-state index is 12.0. The number of aromatic amines is 1. The minimum Gasteiger partial charge on any atom is -0.377 e. The van der Waals surface area contributed by atoms with E-state index >= 15 is 0 Å². The summed E-state index contributed by atoms with van der Waals surface area (Å²) >= 11 is 0. The number of hydrogen-bond acceptors (Lipinski definition) is 11. The summed E-state index contributed by atoms with van der Waals surface area (Å²) in [7, 11) is 0. The third kappa shape index (κ3) is 24.3. The first-order valence-electron chi connectivity index (χ1n) is 16.8. The average molecular weight is 655 g/mol. The van der Waals surface area contributed by atoms with Crippen molar-refractivity contribution in [2.75, 3.05) is 59.3 Å². The van der Waals surface area contributed by atoms with Crippen LogP contribution in [0, 0.1) is 0 Å². The molecule has 0 unspecified atom stereocenters. The normalized spacial score (nSPS) is 11.0. The summed E-state index contributed by atoms with van der Waals surface area (Å²) in [6.45, 7) is 4.26. The Kier molecular flexibility index (Phi) is 26.2. The van der Waals surface area contributed by atoms with Crippen LogP contribution < -0.4 is 5.32 Å². The van der Waals surface area contributed by atoms with E-state index in [0.717, 1.165) is 36.6 Å². The summed E-state index contributed by atoms with van der Waals surface area (Å²) in [6, 6.07) is 0. The quantitative estimate of drug-likeness (QED) is 0.0862. The lowest BCUT2D eigenvalue weighted by molar-refractivity contribution is -0.195. The highest BCUT2D eigenvalue weighted by atomic mass is 16.7. The van der Waals surface area contributed by atoms with Crippen molar-refractivity contribution < 1.29 is 38.3 Å². The molecule has 263 valence electrons. The fraction of sp³-hybridized carbons (Fsp3) is 0.839. The molecule has 0 saturated carbocycles. The van der Waals surface area contributed by atoms with Crippen molar-refractivity contribution in [3.63, 3.8) is 0 Å². The average Bonchev–Trinajstić information content (AvgIpc) is 3.55. The molecule has 0 spiro atoms. The molecule has 46 heavy (non-hydrogen) atoms. The van der Waals surface area contributed by atoms with E-state index in [1.165, 1.54) is 83.1 Å². The molecule has 15 heteroatoms. The van der Waals surface area contributed by atoms with Gasteiger partial charge in [-0.05, 0) is 23.3 Å². The molecule has 0 atom stereocenters. The van der Waals surface area contributed by atoms with Gasteiger partial charge >= 0.3 is 0 Å². The van der Waals surface area contributed by atoms with E-state index in [2.05, 4.69) is 25.9 Å². The maximum absolute atomic E-state index is 12.0. The van der Waals surface area contributed by atoms with Crippen LogP contribution in [0.2, 0.25) is 0 Å². The van der Waals surface area contributed by atoms with Crippen LogP contribution >= 0.6 is 0 Å². The summed E-state index contributed by atoms with van der Waals surface area (Å²) in [4.78, 5) is 56.0. The fourth-order valence-corrected chi connectivity index (χ4v) is 4.54. The number of aryl methyl sites for hydroxylation is 1. The van der Waals surface area contributed by atoms with Crippen molar-refractivity contribution in [2.45, 2.75) is 110 Å². The Labute approximate surface area is 273 Å². The van der Waals surface area contributed by atoms with Crippen molar-refractivity contribution in [2.24, 2.45) is 0 Å². The third-order valence-electron chi connectivity index (χ3n) is 7.07. The lowest BCUT2D eigenvalue weighted by Crippen LogP contribution is -2.34. The van der Waals surface area contributed by atoms with Gasteiger partial charge in [0.2, 0.25) is 24.0 Å². The van der Waals surface area contributed by atoms with Crippen LogP contribution in [0.1, 0.15) is 110 Å². The van der Waals surface area contributed by atoms with Crippen molar-refractivity contribution in [1.29, 1.82) is 0 Å². The minimum atomic E-state index is -0.407. The Morgan fingerprint density at radius 1 is 0.717 bits per heavy atom. The highest BCUT2D eigenvalue weighted by Crippen LogP contribution is 2.13. The van der Waals surface area contributed by atoms with Crippen LogP contribution in [0.5, 0.6) is 0 Å². The number of amides is 3. The lowest BCUT2D eigenvalue weighted by Gasteiger charge is -2.20. The number of nitrogens with one attached hydrogen (secondary N) is 2. The topological polar surface area (TPSA) is 178 Å². The van der Waals surface area contributed by atoms with Crippen LogP contribution in [-0.2, 0) is 44.7 Å². The van der Waals surface area contributed by atoms with E-state index in [4.69, 9.17) is 19.1 Å². The zero-order valence-corrected chi connectivity index (χ0v) is 28.0. The monoisotopic (exact) mass is 654 g/mol. The van der Waals surface area contributed by atoms with E-state index in [-0.39, 0.29) is 57.9 Å². The number of ether oxygens (including phenoxy) is 2. The molecule has 15 nitrogen and oxygen atoms in total. The van der Waals surface area contributed by atoms with Crippen LogP contribution in [0.3, 0.4) is 0 Å². The predicted octanol–water partition coefficient (Wildman–Crippen LogP) is 3.02. The summed E-state index contributed by atoms with van der Waals surface area (Å²) < 4.78 is 10.9. The summed E-state index contributed by atoms with van der Waals surface area (Å²) in [5.41, 5.74) is 0. The number of rotatable bonds is 32. The Bertz CT molecular complexity index is 907. The molecular weight excluding hydrogens is 598 g/mol. The van der Waals surface area contributed by atoms with Gasteiger partial charge in [-0.1, -0.05) is 70.6 Å². The Morgan fingerprint density at radius 3 is 1.80 bits per heavy atom. The van der Waals surface area contributed by atoms with E-state index in [9.17, 15) is 19.2 Å². The van der Waals surface area contributed by atoms with Crippen molar-refractivity contribution in [3.05, 3.63) is 5.82 Å². The van der Waals surface area contributed by atoms with Gasteiger partial charge in [0.15, 0.2) is 0 Å². The number of hydrogen-bond donors (Lipinski definition) is 2. The van der Waals surface area contributed by atoms with Crippen molar-refractivity contribution in [1.82, 2.24) is 36.1 Å². The molecular formula is C31H56N7O8. The first-order chi connectivity index (χ1) is 22.4. The van der Waals surface area contributed by atoms with E-state index < -0.39 is 5.91 Å². The first kappa shape index (κ1) is 41.0. The van der Waals surface area contributed by atoms with E-state index in [1.807, 2.05) is 0 Å². The maximum Gasteiger partial charge on any atom is 0.243 e. The van der Waals surface area contributed by atoms with Crippen LogP contribution in [0.4, 0.5) is 0 Å². The number of H-pyrrole nitrogens is 1. The van der Waals surface area contributed by atoms with Crippen LogP contribution in [-0.4, -0.2) is 114 Å². The molecule has 0 saturated heterocycles. The molecule has 0 aliphatic heterocycles. The molecule has 1 rings (SSSR count). The standard InChI is InChI=1S/C31H56N7O8/c1-28(40)37(19-21-39)45-27-25-44-23-20-38(29(2)41)46-26-24-43-22-18-32-31(42)17-15-13-11-9-7-5-3-4-6-8-10-12-14-16-30-33-35-36-34-30/h3-20,22-27H2,1-2H3,(H,32,42)(H,33,34,35,36). The second kappa shape index (κ2) is 29.4.